The van der Waals surface area contributed by atoms with Gasteiger partial charge in [0.15, 0.2) is 0 Å². The highest BCUT2D eigenvalue weighted by Gasteiger charge is 2.05. The lowest BCUT2D eigenvalue weighted by Crippen LogP contribution is -2.00. The Morgan fingerprint density at radius 3 is 2.04 bits per heavy atom. The number of hydrogen-bond acceptors (Lipinski definition) is 1. The van der Waals surface area contributed by atoms with Crippen LogP contribution in [0.4, 0.5) is 0 Å². The summed E-state index contributed by atoms with van der Waals surface area (Å²) in [5.74, 6) is 1.76. The maximum absolute atomic E-state index is 4.29. The van der Waals surface area contributed by atoms with E-state index in [4.69, 9.17) is 0 Å². The summed E-state index contributed by atoms with van der Waals surface area (Å²) in [5, 5.41) is 0. The molecule has 1 unspecified atom stereocenters. The summed E-state index contributed by atoms with van der Waals surface area (Å²) >= 11 is 0. The van der Waals surface area contributed by atoms with E-state index in [2.05, 4.69) is 29.5 Å². The second-order valence-corrected chi connectivity index (χ2v) is 6.89. The van der Waals surface area contributed by atoms with Crippen molar-refractivity contribution in [3.63, 3.8) is 0 Å². The van der Waals surface area contributed by atoms with E-state index in [1.54, 1.807) is 0 Å². The van der Waals surface area contributed by atoms with Crippen molar-refractivity contribution in [3.8, 4) is 0 Å². The van der Waals surface area contributed by atoms with Gasteiger partial charge in [-0.15, -0.1) is 23.6 Å². The highest BCUT2D eigenvalue weighted by Crippen LogP contribution is 2.18. The molecule has 0 fully saturated rings. The first-order chi connectivity index (χ1) is 11.4. The molecule has 0 aliphatic carbocycles. The van der Waals surface area contributed by atoms with Gasteiger partial charge in [0.25, 0.3) is 0 Å². The molecule has 0 saturated heterocycles. The van der Waals surface area contributed by atoms with Gasteiger partial charge < -0.3 is 4.98 Å². The SMILES string of the molecule is Br.C=CC(CCCCCCCCCCCCC)CCc1ncc[nH]1. The van der Waals surface area contributed by atoms with Gasteiger partial charge in [0.1, 0.15) is 5.82 Å². The van der Waals surface area contributed by atoms with Gasteiger partial charge in [-0.25, -0.2) is 4.98 Å². The van der Waals surface area contributed by atoms with Crippen LogP contribution in [-0.2, 0) is 6.42 Å². The maximum Gasteiger partial charge on any atom is 0.106 e. The third-order valence-corrected chi connectivity index (χ3v) is 4.82. The smallest absolute Gasteiger partial charge is 0.106 e. The number of hydrogen-bond donors (Lipinski definition) is 1. The predicted molar refractivity (Wildman–Crippen MR) is 112 cm³/mol. The van der Waals surface area contributed by atoms with Gasteiger partial charge in [0, 0.05) is 18.8 Å². The zero-order valence-electron chi connectivity index (χ0n) is 15.8. The average Bonchev–Trinajstić information content (AvgIpc) is 3.09. The van der Waals surface area contributed by atoms with Crippen molar-refractivity contribution in [3.05, 3.63) is 30.9 Å². The van der Waals surface area contributed by atoms with Crippen molar-refractivity contribution < 1.29 is 0 Å². The molecule has 0 saturated carbocycles. The third-order valence-electron chi connectivity index (χ3n) is 4.82. The molecule has 24 heavy (non-hydrogen) atoms. The van der Waals surface area contributed by atoms with Gasteiger partial charge in [-0.1, -0.05) is 83.6 Å². The topological polar surface area (TPSA) is 28.7 Å². The Morgan fingerprint density at radius 2 is 1.54 bits per heavy atom. The van der Waals surface area contributed by atoms with Crippen LogP contribution in [-0.4, -0.2) is 9.97 Å². The number of nitrogens with zero attached hydrogens (tertiary/aromatic N) is 1. The minimum atomic E-state index is 0. The number of halogens is 1. The van der Waals surface area contributed by atoms with Crippen molar-refractivity contribution >= 4 is 17.0 Å². The molecule has 0 bridgehead atoms. The van der Waals surface area contributed by atoms with Gasteiger partial charge in [-0.2, -0.15) is 0 Å². The molecule has 0 amide bonds. The molecule has 0 aromatic carbocycles. The molecule has 1 aromatic rings. The first kappa shape index (κ1) is 23.4. The lowest BCUT2D eigenvalue weighted by Gasteiger charge is -2.11. The molecule has 2 nitrogen and oxygen atoms in total. The van der Waals surface area contributed by atoms with Crippen LogP contribution in [0.25, 0.3) is 0 Å². The molecular formula is C21H39BrN2. The van der Waals surface area contributed by atoms with Crippen LogP contribution >= 0.6 is 17.0 Å². The number of unbranched alkanes of at least 4 members (excludes halogenated alkanes) is 10. The van der Waals surface area contributed by atoms with E-state index in [9.17, 15) is 0 Å². The molecule has 0 aliphatic heterocycles. The average molecular weight is 399 g/mol. The molecule has 140 valence electrons. The molecule has 0 aliphatic rings. The van der Waals surface area contributed by atoms with Crippen LogP contribution in [0, 0.1) is 5.92 Å². The fourth-order valence-electron chi connectivity index (χ4n) is 3.21. The third kappa shape index (κ3) is 12.8. The Morgan fingerprint density at radius 1 is 0.958 bits per heavy atom. The minimum absolute atomic E-state index is 0. The van der Waals surface area contributed by atoms with E-state index in [0.717, 1.165) is 12.2 Å². The Kier molecular flexibility index (Phi) is 16.8. The van der Waals surface area contributed by atoms with Crippen molar-refractivity contribution in [1.82, 2.24) is 9.97 Å². The van der Waals surface area contributed by atoms with Gasteiger partial charge in [-0.05, 0) is 18.8 Å². The summed E-state index contributed by atoms with van der Waals surface area (Å²) < 4.78 is 0. The van der Waals surface area contributed by atoms with Crippen LogP contribution in [0.15, 0.2) is 25.0 Å². The number of aromatic nitrogens is 2. The fraction of sp³-hybridized carbons (Fsp3) is 0.762. The number of aromatic amines is 1. The number of allylic oxidation sites excluding steroid dienone is 1. The van der Waals surface area contributed by atoms with Crippen LogP contribution in [0.3, 0.4) is 0 Å². The molecule has 1 rings (SSSR count). The van der Waals surface area contributed by atoms with Crippen molar-refractivity contribution in [1.29, 1.82) is 0 Å². The van der Waals surface area contributed by atoms with E-state index in [0.29, 0.717) is 5.92 Å². The first-order valence-electron chi connectivity index (χ1n) is 9.97. The molecule has 1 N–H and O–H groups in total. The highest BCUT2D eigenvalue weighted by molar-refractivity contribution is 8.93. The van der Waals surface area contributed by atoms with E-state index in [-0.39, 0.29) is 17.0 Å². The van der Waals surface area contributed by atoms with E-state index < -0.39 is 0 Å². The zero-order valence-corrected chi connectivity index (χ0v) is 17.5. The second-order valence-electron chi connectivity index (χ2n) is 6.89. The highest BCUT2D eigenvalue weighted by atomic mass is 79.9. The number of imidazole rings is 1. The normalized spacial score (nSPS) is 11.9. The molecule has 0 spiro atoms. The summed E-state index contributed by atoms with van der Waals surface area (Å²) in [6.45, 7) is 6.29. The quantitative estimate of drug-likeness (QED) is 0.227. The standard InChI is InChI=1S/C21H38N2.BrH/c1-3-5-6-7-8-9-10-11-12-13-14-15-20(4-2)16-17-21-22-18-19-23-21;/h4,18-20H,2-3,5-17H2,1H3,(H,22,23);1H. The van der Waals surface area contributed by atoms with Gasteiger partial charge in [0.05, 0.1) is 0 Å². The molecule has 0 radical (unpaired) electrons. The summed E-state index contributed by atoms with van der Waals surface area (Å²) in [5.41, 5.74) is 0. The molecule has 1 aromatic heterocycles. The lowest BCUT2D eigenvalue weighted by atomic mass is 9.95. The van der Waals surface area contributed by atoms with Gasteiger partial charge in [0.2, 0.25) is 0 Å². The van der Waals surface area contributed by atoms with Crippen molar-refractivity contribution in [2.24, 2.45) is 5.92 Å². The first-order valence-corrected chi connectivity index (χ1v) is 9.97. The maximum atomic E-state index is 4.29. The van der Waals surface area contributed by atoms with Crippen LogP contribution < -0.4 is 0 Å². The number of aryl methyl sites for hydroxylation is 1. The summed E-state index contributed by atoms with van der Waals surface area (Å²) in [7, 11) is 0. The monoisotopic (exact) mass is 398 g/mol. The second kappa shape index (κ2) is 17.3. The number of rotatable bonds is 16. The van der Waals surface area contributed by atoms with E-state index in [1.807, 2.05) is 12.4 Å². The van der Waals surface area contributed by atoms with Crippen LogP contribution in [0.1, 0.15) is 96.2 Å². The summed E-state index contributed by atoms with van der Waals surface area (Å²) in [4.78, 5) is 7.48. The number of H-pyrrole nitrogens is 1. The largest absolute Gasteiger partial charge is 0.349 e. The number of nitrogens with one attached hydrogen (secondary N) is 1. The Hall–Kier alpha value is -0.570. The molecular weight excluding hydrogens is 360 g/mol. The van der Waals surface area contributed by atoms with Gasteiger partial charge in [-0.3, -0.25) is 0 Å². The van der Waals surface area contributed by atoms with Gasteiger partial charge >= 0.3 is 0 Å². The van der Waals surface area contributed by atoms with E-state index >= 15 is 0 Å². The molecule has 1 atom stereocenters. The minimum Gasteiger partial charge on any atom is -0.349 e. The molecule has 3 heteroatoms. The molecule has 1 heterocycles. The lowest BCUT2D eigenvalue weighted by molar-refractivity contribution is 0.486. The Labute approximate surface area is 160 Å². The summed E-state index contributed by atoms with van der Waals surface area (Å²) in [6.07, 6.45) is 25.0. The van der Waals surface area contributed by atoms with E-state index in [1.165, 1.54) is 83.5 Å². The van der Waals surface area contributed by atoms with Crippen molar-refractivity contribution in [2.45, 2.75) is 96.8 Å². The van der Waals surface area contributed by atoms with Crippen LogP contribution in [0.2, 0.25) is 0 Å². The summed E-state index contributed by atoms with van der Waals surface area (Å²) in [6, 6.07) is 0. The van der Waals surface area contributed by atoms with Crippen molar-refractivity contribution in [2.75, 3.05) is 0 Å². The van der Waals surface area contributed by atoms with Crippen LogP contribution in [0.5, 0.6) is 0 Å². The Balaban J connectivity index is 0.00000529. The predicted octanol–water partition coefficient (Wildman–Crippen LogP) is 7.42. The Bertz CT molecular complexity index is 362. The fourth-order valence-corrected chi connectivity index (χ4v) is 3.21. The zero-order chi connectivity index (χ0) is 16.6.